The maximum atomic E-state index is 12.3. The van der Waals surface area contributed by atoms with Crippen LogP contribution in [0.25, 0.3) is 11.3 Å². The van der Waals surface area contributed by atoms with E-state index in [1.54, 1.807) is 18.7 Å². The Morgan fingerprint density at radius 1 is 1.36 bits per heavy atom. The van der Waals surface area contributed by atoms with Gasteiger partial charge in [0.15, 0.2) is 0 Å². The van der Waals surface area contributed by atoms with Crippen molar-refractivity contribution >= 4 is 17.6 Å². The summed E-state index contributed by atoms with van der Waals surface area (Å²) in [5.41, 5.74) is 0.0641. The van der Waals surface area contributed by atoms with Gasteiger partial charge < -0.3 is 19.7 Å². The number of amides is 2. The lowest BCUT2D eigenvalue weighted by molar-refractivity contribution is 0.0225. The normalized spacial score (nSPS) is 17.8. The fourth-order valence-electron chi connectivity index (χ4n) is 3.07. The van der Waals surface area contributed by atoms with Crippen LogP contribution in [0.15, 0.2) is 40.8 Å². The maximum Gasteiger partial charge on any atom is 0.317 e. The number of nitrogens with zero attached hydrogens (tertiary/aromatic N) is 1. The smallest absolute Gasteiger partial charge is 0.317 e. The molecule has 1 aromatic carbocycles. The van der Waals surface area contributed by atoms with Gasteiger partial charge in [-0.3, -0.25) is 0 Å². The minimum absolute atomic E-state index is 0.105. The van der Waals surface area contributed by atoms with Gasteiger partial charge in [0.25, 0.3) is 0 Å². The summed E-state index contributed by atoms with van der Waals surface area (Å²) >= 11 is 6.18. The van der Waals surface area contributed by atoms with E-state index >= 15 is 0 Å². The number of hydrogen-bond donors (Lipinski definition) is 2. The van der Waals surface area contributed by atoms with Crippen LogP contribution in [-0.4, -0.2) is 34.7 Å². The number of halogens is 1. The summed E-state index contributed by atoms with van der Waals surface area (Å²) in [6, 6.07) is 11.0. The number of hydrogen-bond acceptors (Lipinski definition) is 3. The highest BCUT2D eigenvalue weighted by Gasteiger charge is 2.35. The Morgan fingerprint density at radius 3 is 2.80 bits per heavy atom. The third-order valence-electron chi connectivity index (χ3n) is 4.69. The minimum Gasteiger partial charge on any atom is -0.459 e. The van der Waals surface area contributed by atoms with Crippen LogP contribution in [0.4, 0.5) is 4.79 Å². The molecule has 1 fully saturated rings. The summed E-state index contributed by atoms with van der Waals surface area (Å²) in [5, 5.41) is 13.6. The quantitative estimate of drug-likeness (QED) is 0.866. The number of benzene rings is 1. The maximum absolute atomic E-state index is 12.3. The van der Waals surface area contributed by atoms with E-state index in [2.05, 4.69) is 5.32 Å². The average Bonchev–Trinajstić information content (AvgIpc) is 3.22. The van der Waals surface area contributed by atoms with E-state index in [-0.39, 0.29) is 11.9 Å². The fraction of sp³-hybridized carbons (Fsp3) is 0.421. The average molecular weight is 363 g/mol. The standard InChI is InChI=1S/C19H23ClN2O3/c1-19(2,24)13-9-10-22(12-13)18(23)21-11-14-7-8-17(25-14)15-5-3-4-6-16(15)20/h3-8,13,24H,9-12H2,1-2H3,(H,21,23)/t13-/m1/s1. The molecule has 0 aliphatic carbocycles. The first-order valence-corrected chi connectivity index (χ1v) is 8.81. The van der Waals surface area contributed by atoms with Crippen LogP contribution in [0.2, 0.25) is 5.02 Å². The van der Waals surface area contributed by atoms with E-state index < -0.39 is 5.60 Å². The van der Waals surface area contributed by atoms with E-state index in [1.807, 2.05) is 36.4 Å². The van der Waals surface area contributed by atoms with Gasteiger partial charge in [-0.05, 0) is 44.5 Å². The van der Waals surface area contributed by atoms with E-state index in [0.717, 1.165) is 12.0 Å². The highest BCUT2D eigenvalue weighted by molar-refractivity contribution is 6.33. The van der Waals surface area contributed by atoms with Crippen molar-refractivity contribution in [1.29, 1.82) is 0 Å². The van der Waals surface area contributed by atoms with Crippen molar-refractivity contribution in [1.82, 2.24) is 10.2 Å². The van der Waals surface area contributed by atoms with Crippen LogP contribution < -0.4 is 5.32 Å². The van der Waals surface area contributed by atoms with Crippen molar-refractivity contribution in [2.75, 3.05) is 13.1 Å². The van der Waals surface area contributed by atoms with Crippen LogP contribution in [0.1, 0.15) is 26.0 Å². The lowest BCUT2D eigenvalue weighted by Crippen LogP contribution is -2.40. The number of rotatable bonds is 4. The second-order valence-corrected chi connectivity index (χ2v) is 7.40. The first-order valence-electron chi connectivity index (χ1n) is 8.43. The van der Waals surface area contributed by atoms with Crippen molar-refractivity contribution in [2.24, 2.45) is 5.92 Å². The molecule has 6 heteroatoms. The second-order valence-electron chi connectivity index (χ2n) is 6.99. The molecule has 2 heterocycles. The van der Waals surface area contributed by atoms with E-state index in [4.69, 9.17) is 16.0 Å². The number of carbonyl (C=O) groups is 1. The first-order chi connectivity index (χ1) is 11.8. The molecule has 1 aromatic heterocycles. The zero-order valence-electron chi connectivity index (χ0n) is 14.5. The molecule has 1 aliphatic heterocycles. The zero-order chi connectivity index (χ0) is 18.0. The summed E-state index contributed by atoms with van der Waals surface area (Å²) in [4.78, 5) is 14.0. The Morgan fingerprint density at radius 2 is 2.12 bits per heavy atom. The number of urea groups is 1. The predicted molar refractivity (Wildman–Crippen MR) is 97.4 cm³/mol. The molecule has 1 saturated heterocycles. The predicted octanol–water partition coefficient (Wildman–Crippen LogP) is 3.90. The molecule has 5 nitrogen and oxygen atoms in total. The topological polar surface area (TPSA) is 65.7 Å². The third kappa shape index (κ3) is 4.17. The number of aliphatic hydroxyl groups is 1. The largest absolute Gasteiger partial charge is 0.459 e. The summed E-state index contributed by atoms with van der Waals surface area (Å²) < 4.78 is 5.78. The van der Waals surface area contributed by atoms with Crippen molar-refractivity contribution in [3.63, 3.8) is 0 Å². The molecular weight excluding hydrogens is 340 g/mol. The molecule has 2 aromatic rings. The van der Waals surface area contributed by atoms with Gasteiger partial charge in [-0.2, -0.15) is 0 Å². The van der Waals surface area contributed by atoms with Crippen LogP contribution in [0.3, 0.4) is 0 Å². The Balaban J connectivity index is 1.56. The lowest BCUT2D eigenvalue weighted by Gasteiger charge is -2.25. The summed E-state index contributed by atoms with van der Waals surface area (Å²) in [7, 11) is 0. The van der Waals surface area contributed by atoms with Crippen LogP contribution in [-0.2, 0) is 6.54 Å². The van der Waals surface area contributed by atoms with Crippen LogP contribution in [0, 0.1) is 5.92 Å². The van der Waals surface area contributed by atoms with Gasteiger partial charge in [-0.15, -0.1) is 0 Å². The van der Waals surface area contributed by atoms with Gasteiger partial charge in [0, 0.05) is 24.6 Å². The van der Waals surface area contributed by atoms with Crippen LogP contribution in [0.5, 0.6) is 0 Å². The molecule has 0 spiro atoms. The van der Waals surface area contributed by atoms with E-state index in [0.29, 0.717) is 36.2 Å². The van der Waals surface area contributed by atoms with Crippen LogP contribution >= 0.6 is 11.6 Å². The molecule has 2 amide bonds. The Bertz CT molecular complexity index is 751. The first kappa shape index (κ1) is 17.8. The molecule has 0 unspecified atom stereocenters. The third-order valence-corrected chi connectivity index (χ3v) is 5.02. The van der Waals surface area contributed by atoms with Gasteiger partial charge >= 0.3 is 6.03 Å². The van der Waals surface area contributed by atoms with Gasteiger partial charge in [0.1, 0.15) is 11.5 Å². The molecular formula is C19H23ClN2O3. The van der Waals surface area contributed by atoms with Crippen molar-refractivity contribution in [3.8, 4) is 11.3 Å². The lowest BCUT2D eigenvalue weighted by atomic mass is 9.91. The highest BCUT2D eigenvalue weighted by Crippen LogP contribution is 2.29. The molecule has 134 valence electrons. The van der Waals surface area contributed by atoms with E-state index in [1.165, 1.54) is 0 Å². The second kappa shape index (κ2) is 7.10. The molecule has 2 N–H and O–H groups in total. The van der Waals surface area contributed by atoms with Crippen molar-refractivity contribution in [3.05, 3.63) is 47.2 Å². The fourth-order valence-corrected chi connectivity index (χ4v) is 3.30. The van der Waals surface area contributed by atoms with Gasteiger partial charge in [0.2, 0.25) is 0 Å². The molecule has 3 rings (SSSR count). The van der Waals surface area contributed by atoms with Gasteiger partial charge in [-0.1, -0.05) is 23.7 Å². The number of likely N-dealkylation sites (tertiary alicyclic amines) is 1. The minimum atomic E-state index is -0.764. The monoisotopic (exact) mass is 362 g/mol. The van der Waals surface area contributed by atoms with E-state index in [9.17, 15) is 9.90 Å². The summed E-state index contributed by atoms with van der Waals surface area (Å²) in [5.74, 6) is 1.45. The van der Waals surface area contributed by atoms with Crippen molar-refractivity contribution < 1.29 is 14.3 Å². The Hall–Kier alpha value is -1.98. The molecule has 0 bridgehead atoms. The molecule has 0 radical (unpaired) electrons. The summed E-state index contributed by atoms with van der Waals surface area (Å²) in [6.45, 7) is 5.12. The SMILES string of the molecule is CC(C)(O)[C@@H]1CCN(C(=O)NCc2ccc(-c3ccccc3Cl)o2)C1. The molecule has 1 aliphatic rings. The molecule has 25 heavy (non-hydrogen) atoms. The molecule has 0 saturated carbocycles. The summed E-state index contributed by atoms with van der Waals surface area (Å²) in [6.07, 6.45) is 0.814. The zero-order valence-corrected chi connectivity index (χ0v) is 15.2. The number of furan rings is 1. The van der Waals surface area contributed by atoms with Gasteiger partial charge in [-0.25, -0.2) is 4.79 Å². The number of carbonyl (C=O) groups excluding carboxylic acids is 1. The molecule has 1 atom stereocenters. The number of nitrogens with one attached hydrogen (secondary N) is 1. The Kier molecular flexibility index (Phi) is 5.06. The Labute approximate surface area is 152 Å². The van der Waals surface area contributed by atoms with Gasteiger partial charge in [0.05, 0.1) is 17.2 Å². The highest BCUT2D eigenvalue weighted by atomic mass is 35.5. The van der Waals surface area contributed by atoms with Crippen molar-refractivity contribution in [2.45, 2.75) is 32.4 Å².